The van der Waals surface area contributed by atoms with Crippen LogP contribution in [0.5, 0.6) is 0 Å². The van der Waals surface area contributed by atoms with Crippen molar-refractivity contribution >= 4 is 11.8 Å². The SMILES string of the molecule is NCC(O)C(N)c1ccc2c(c1)CCCS2. The fourth-order valence-corrected chi connectivity index (χ4v) is 2.98. The Morgan fingerprint density at radius 1 is 1.44 bits per heavy atom. The largest absolute Gasteiger partial charge is 0.390 e. The summed E-state index contributed by atoms with van der Waals surface area (Å²) in [4.78, 5) is 1.35. The van der Waals surface area contributed by atoms with E-state index in [2.05, 4.69) is 12.1 Å². The van der Waals surface area contributed by atoms with Crippen molar-refractivity contribution in [3.63, 3.8) is 0 Å². The third-order valence-corrected chi connectivity index (χ3v) is 4.18. The molecule has 0 fully saturated rings. The van der Waals surface area contributed by atoms with Crippen molar-refractivity contribution in [1.82, 2.24) is 0 Å². The molecule has 1 aromatic carbocycles. The molecule has 1 aliphatic heterocycles. The summed E-state index contributed by atoms with van der Waals surface area (Å²) >= 11 is 1.90. The van der Waals surface area contributed by atoms with Gasteiger partial charge in [0.2, 0.25) is 0 Å². The van der Waals surface area contributed by atoms with Crippen LogP contribution in [0.4, 0.5) is 0 Å². The summed E-state index contributed by atoms with van der Waals surface area (Å²) in [7, 11) is 0. The Balaban J connectivity index is 2.22. The first kappa shape index (κ1) is 11.9. The van der Waals surface area contributed by atoms with Crippen LogP contribution in [0.2, 0.25) is 0 Å². The van der Waals surface area contributed by atoms with Crippen LogP contribution < -0.4 is 11.5 Å². The van der Waals surface area contributed by atoms with Gasteiger partial charge in [0, 0.05) is 11.4 Å². The van der Waals surface area contributed by atoms with Gasteiger partial charge in [0.25, 0.3) is 0 Å². The number of nitrogens with two attached hydrogens (primary N) is 2. The fourth-order valence-electron chi connectivity index (χ4n) is 1.96. The number of thioether (sulfide) groups is 1. The quantitative estimate of drug-likeness (QED) is 0.736. The number of aliphatic hydroxyl groups excluding tert-OH is 1. The molecule has 1 aromatic rings. The summed E-state index contributed by atoms with van der Waals surface area (Å²) < 4.78 is 0. The van der Waals surface area contributed by atoms with Crippen molar-refractivity contribution in [3.8, 4) is 0 Å². The summed E-state index contributed by atoms with van der Waals surface area (Å²) in [5.41, 5.74) is 13.7. The lowest BCUT2D eigenvalue weighted by molar-refractivity contribution is 0.153. The lowest BCUT2D eigenvalue weighted by atomic mass is 9.98. The third-order valence-electron chi connectivity index (χ3n) is 2.97. The molecular weight excluding hydrogens is 220 g/mol. The Bertz CT molecular complexity index is 370. The number of hydrogen-bond acceptors (Lipinski definition) is 4. The summed E-state index contributed by atoms with van der Waals surface area (Å²) in [5, 5.41) is 9.63. The second kappa shape index (κ2) is 5.19. The van der Waals surface area contributed by atoms with Crippen LogP contribution in [-0.2, 0) is 6.42 Å². The van der Waals surface area contributed by atoms with E-state index in [1.54, 1.807) is 0 Å². The summed E-state index contributed by atoms with van der Waals surface area (Å²) in [6, 6.07) is 5.85. The summed E-state index contributed by atoms with van der Waals surface area (Å²) in [6.45, 7) is 0.201. The zero-order chi connectivity index (χ0) is 11.5. The Kier molecular flexibility index (Phi) is 3.86. The topological polar surface area (TPSA) is 72.3 Å². The molecule has 5 N–H and O–H groups in total. The number of benzene rings is 1. The zero-order valence-corrected chi connectivity index (χ0v) is 10.0. The Morgan fingerprint density at radius 2 is 2.25 bits per heavy atom. The van der Waals surface area contributed by atoms with Crippen molar-refractivity contribution in [3.05, 3.63) is 29.3 Å². The molecule has 0 bridgehead atoms. The van der Waals surface area contributed by atoms with E-state index < -0.39 is 6.10 Å². The number of aryl methyl sites for hydroxylation is 1. The average molecular weight is 238 g/mol. The molecule has 2 atom stereocenters. The highest BCUT2D eigenvalue weighted by molar-refractivity contribution is 7.99. The fraction of sp³-hybridized carbons (Fsp3) is 0.500. The van der Waals surface area contributed by atoms with Gasteiger partial charge in [-0.3, -0.25) is 0 Å². The van der Waals surface area contributed by atoms with E-state index in [-0.39, 0.29) is 12.6 Å². The second-order valence-corrected chi connectivity index (χ2v) is 5.28. The van der Waals surface area contributed by atoms with E-state index in [4.69, 9.17) is 11.5 Å². The first-order valence-electron chi connectivity index (χ1n) is 5.61. The number of hydrogen-bond donors (Lipinski definition) is 3. The monoisotopic (exact) mass is 238 g/mol. The second-order valence-electron chi connectivity index (χ2n) is 4.15. The van der Waals surface area contributed by atoms with Gasteiger partial charge >= 0.3 is 0 Å². The van der Waals surface area contributed by atoms with Crippen molar-refractivity contribution in [2.45, 2.75) is 29.9 Å². The average Bonchev–Trinajstić information content (AvgIpc) is 2.36. The van der Waals surface area contributed by atoms with Gasteiger partial charge in [0.15, 0.2) is 0 Å². The summed E-state index contributed by atoms with van der Waals surface area (Å²) in [6.07, 6.45) is 1.67. The molecular formula is C12H18N2OS. The highest BCUT2D eigenvalue weighted by atomic mass is 32.2. The molecule has 2 rings (SSSR count). The summed E-state index contributed by atoms with van der Waals surface area (Å²) in [5.74, 6) is 1.20. The van der Waals surface area contributed by atoms with Crippen molar-refractivity contribution in [1.29, 1.82) is 0 Å². The number of aliphatic hydroxyl groups is 1. The predicted molar refractivity (Wildman–Crippen MR) is 67.5 cm³/mol. The minimum atomic E-state index is -0.658. The van der Waals surface area contributed by atoms with Crippen LogP contribution in [0.1, 0.15) is 23.6 Å². The molecule has 1 aliphatic rings. The van der Waals surface area contributed by atoms with E-state index in [0.717, 1.165) is 12.0 Å². The molecule has 0 saturated heterocycles. The molecule has 0 saturated carbocycles. The van der Waals surface area contributed by atoms with Crippen molar-refractivity contribution < 1.29 is 5.11 Å². The first-order valence-corrected chi connectivity index (χ1v) is 6.60. The van der Waals surface area contributed by atoms with Crippen LogP contribution in [0.3, 0.4) is 0 Å². The molecule has 0 radical (unpaired) electrons. The van der Waals surface area contributed by atoms with Gasteiger partial charge in [-0.05, 0) is 35.8 Å². The van der Waals surface area contributed by atoms with Crippen LogP contribution in [0.25, 0.3) is 0 Å². The van der Waals surface area contributed by atoms with Gasteiger partial charge in [-0.2, -0.15) is 0 Å². The van der Waals surface area contributed by atoms with Gasteiger partial charge in [-0.1, -0.05) is 12.1 Å². The van der Waals surface area contributed by atoms with Gasteiger partial charge in [0.1, 0.15) is 0 Å². The Hall–Kier alpha value is -0.550. The smallest absolute Gasteiger partial charge is 0.0854 e. The molecule has 2 unspecified atom stereocenters. The van der Waals surface area contributed by atoms with Gasteiger partial charge in [-0.15, -0.1) is 11.8 Å². The van der Waals surface area contributed by atoms with E-state index >= 15 is 0 Å². The highest BCUT2D eigenvalue weighted by Gasteiger charge is 2.17. The van der Waals surface area contributed by atoms with Gasteiger partial charge in [-0.25, -0.2) is 0 Å². The highest BCUT2D eigenvalue weighted by Crippen LogP contribution is 2.31. The molecule has 3 nitrogen and oxygen atoms in total. The molecule has 0 aromatic heterocycles. The zero-order valence-electron chi connectivity index (χ0n) is 9.23. The molecule has 4 heteroatoms. The molecule has 0 aliphatic carbocycles. The van der Waals surface area contributed by atoms with Crippen LogP contribution in [-0.4, -0.2) is 23.5 Å². The molecule has 16 heavy (non-hydrogen) atoms. The predicted octanol–water partition coefficient (Wildman–Crippen LogP) is 1.04. The van der Waals surface area contributed by atoms with E-state index in [1.165, 1.54) is 22.6 Å². The number of rotatable bonds is 3. The molecule has 1 heterocycles. The maximum absolute atomic E-state index is 9.63. The lowest BCUT2D eigenvalue weighted by Crippen LogP contribution is -2.32. The van der Waals surface area contributed by atoms with E-state index in [9.17, 15) is 5.11 Å². The molecule has 0 amide bonds. The van der Waals surface area contributed by atoms with Gasteiger partial charge < -0.3 is 16.6 Å². The van der Waals surface area contributed by atoms with E-state index in [1.807, 2.05) is 17.8 Å². The normalized spacial score (nSPS) is 18.9. The standard InChI is InChI=1S/C12H18N2OS/c13-7-10(15)12(14)9-3-4-11-8(6-9)2-1-5-16-11/h3-4,6,10,12,15H,1-2,5,7,13-14H2. The lowest BCUT2D eigenvalue weighted by Gasteiger charge is -2.21. The van der Waals surface area contributed by atoms with Crippen LogP contribution in [0.15, 0.2) is 23.1 Å². The van der Waals surface area contributed by atoms with Crippen LogP contribution in [0, 0.1) is 0 Å². The Labute approximate surface area is 100 Å². The molecule has 0 spiro atoms. The molecule has 88 valence electrons. The maximum Gasteiger partial charge on any atom is 0.0854 e. The first-order chi connectivity index (χ1) is 7.72. The van der Waals surface area contributed by atoms with Gasteiger partial charge in [0.05, 0.1) is 12.1 Å². The van der Waals surface area contributed by atoms with E-state index in [0.29, 0.717) is 0 Å². The minimum Gasteiger partial charge on any atom is -0.390 e. The Morgan fingerprint density at radius 3 is 3.00 bits per heavy atom. The minimum absolute atomic E-state index is 0.201. The third kappa shape index (κ3) is 2.40. The van der Waals surface area contributed by atoms with Crippen LogP contribution >= 0.6 is 11.8 Å². The van der Waals surface area contributed by atoms with Crippen molar-refractivity contribution in [2.75, 3.05) is 12.3 Å². The van der Waals surface area contributed by atoms with Crippen molar-refractivity contribution in [2.24, 2.45) is 11.5 Å². The maximum atomic E-state index is 9.63. The number of fused-ring (bicyclic) bond motifs is 1.